The minimum absolute atomic E-state index is 0. The summed E-state index contributed by atoms with van der Waals surface area (Å²) in [7, 11) is 1.82. The van der Waals surface area contributed by atoms with Crippen molar-refractivity contribution >= 4 is 24.2 Å². The fourth-order valence-corrected chi connectivity index (χ4v) is 3.25. The van der Waals surface area contributed by atoms with E-state index in [9.17, 15) is 9.59 Å². The second-order valence-corrected chi connectivity index (χ2v) is 7.84. The number of ether oxygens (including phenoxy) is 1. The third-order valence-electron chi connectivity index (χ3n) is 4.82. The number of halogens is 1. The zero-order valence-electron chi connectivity index (χ0n) is 16.5. The number of rotatable bonds is 7. The van der Waals surface area contributed by atoms with Gasteiger partial charge < -0.3 is 20.3 Å². The molecule has 1 aromatic rings. The van der Waals surface area contributed by atoms with Gasteiger partial charge in [0.25, 0.3) is 5.91 Å². The average molecular weight is 398 g/mol. The Morgan fingerprint density at radius 3 is 2.59 bits per heavy atom. The largest absolute Gasteiger partial charge is 0.484 e. The molecule has 0 aliphatic carbocycles. The van der Waals surface area contributed by atoms with E-state index in [1.54, 1.807) is 9.80 Å². The number of carbonyl (C=O) groups excluding carboxylic acids is 2. The number of likely N-dealkylation sites (tertiary alicyclic amines) is 1. The Morgan fingerprint density at radius 1 is 1.30 bits per heavy atom. The van der Waals surface area contributed by atoms with Crippen molar-refractivity contribution in [3.05, 3.63) is 30.3 Å². The van der Waals surface area contributed by atoms with Gasteiger partial charge in [-0.05, 0) is 36.9 Å². The summed E-state index contributed by atoms with van der Waals surface area (Å²) < 4.78 is 5.54. The van der Waals surface area contributed by atoms with Crippen LogP contribution in [0.1, 0.15) is 26.7 Å². The fraction of sp³-hybridized carbons (Fsp3) is 0.600. The minimum Gasteiger partial charge on any atom is -0.484 e. The van der Waals surface area contributed by atoms with Crippen LogP contribution in [-0.4, -0.2) is 61.4 Å². The summed E-state index contributed by atoms with van der Waals surface area (Å²) in [5.74, 6) is 0.543. The Morgan fingerprint density at radius 2 is 1.96 bits per heavy atom. The molecule has 6 nitrogen and oxygen atoms in total. The van der Waals surface area contributed by atoms with E-state index >= 15 is 0 Å². The molecule has 0 spiro atoms. The molecule has 1 atom stereocenters. The van der Waals surface area contributed by atoms with Crippen molar-refractivity contribution in [1.82, 2.24) is 9.80 Å². The predicted octanol–water partition coefficient (Wildman–Crippen LogP) is 2.17. The molecule has 0 aromatic heterocycles. The summed E-state index contributed by atoms with van der Waals surface area (Å²) in [4.78, 5) is 28.7. The first kappa shape index (κ1) is 23.2. The average Bonchev–Trinajstić information content (AvgIpc) is 2.66. The Kier molecular flexibility index (Phi) is 9.06. The van der Waals surface area contributed by atoms with Crippen molar-refractivity contribution in [2.75, 3.05) is 39.8 Å². The van der Waals surface area contributed by atoms with Gasteiger partial charge in [-0.25, -0.2) is 0 Å². The van der Waals surface area contributed by atoms with Gasteiger partial charge >= 0.3 is 0 Å². The summed E-state index contributed by atoms with van der Waals surface area (Å²) in [6.07, 6.45) is 1.65. The molecule has 152 valence electrons. The molecule has 1 fully saturated rings. The second-order valence-electron chi connectivity index (χ2n) is 7.84. The van der Waals surface area contributed by atoms with Gasteiger partial charge in [0.2, 0.25) is 5.91 Å². The Hall–Kier alpha value is -1.79. The molecular weight excluding hydrogens is 366 g/mol. The maximum absolute atomic E-state index is 12.8. The molecular formula is C20H32ClN3O3. The Balaban J connectivity index is 0.00000364. The highest BCUT2D eigenvalue weighted by molar-refractivity contribution is 5.85. The van der Waals surface area contributed by atoms with Crippen LogP contribution in [0.15, 0.2) is 30.3 Å². The van der Waals surface area contributed by atoms with Gasteiger partial charge in [-0.15, -0.1) is 12.4 Å². The molecule has 1 saturated heterocycles. The van der Waals surface area contributed by atoms with Crippen molar-refractivity contribution in [1.29, 1.82) is 0 Å². The summed E-state index contributed by atoms with van der Waals surface area (Å²) in [5, 5.41) is 0. The van der Waals surface area contributed by atoms with Crippen LogP contribution < -0.4 is 10.5 Å². The lowest BCUT2D eigenvalue weighted by atomic mass is 9.91. The van der Waals surface area contributed by atoms with Crippen molar-refractivity contribution in [3.63, 3.8) is 0 Å². The van der Waals surface area contributed by atoms with Crippen LogP contribution in [-0.2, 0) is 9.59 Å². The number of hydrogen-bond donors (Lipinski definition) is 1. The van der Waals surface area contributed by atoms with E-state index in [0.29, 0.717) is 31.9 Å². The lowest BCUT2D eigenvalue weighted by molar-refractivity contribution is -0.141. The maximum Gasteiger partial charge on any atom is 0.260 e. The smallest absolute Gasteiger partial charge is 0.260 e. The summed E-state index contributed by atoms with van der Waals surface area (Å²) >= 11 is 0. The van der Waals surface area contributed by atoms with Gasteiger partial charge in [-0.2, -0.15) is 0 Å². The first-order chi connectivity index (χ1) is 12.3. The lowest BCUT2D eigenvalue weighted by Crippen LogP contribution is -2.49. The number of carbonyl (C=O) groups is 2. The third-order valence-corrected chi connectivity index (χ3v) is 4.82. The molecule has 1 unspecified atom stereocenters. The van der Waals surface area contributed by atoms with Gasteiger partial charge in [0.05, 0.1) is 5.92 Å². The molecule has 1 aliphatic rings. The highest BCUT2D eigenvalue weighted by atomic mass is 35.5. The van der Waals surface area contributed by atoms with E-state index in [1.165, 1.54) is 0 Å². The van der Waals surface area contributed by atoms with E-state index in [2.05, 4.69) is 13.8 Å². The van der Waals surface area contributed by atoms with E-state index in [-0.39, 0.29) is 42.2 Å². The quantitative estimate of drug-likeness (QED) is 0.765. The van der Waals surface area contributed by atoms with E-state index in [4.69, 9.17) is 10.5 Å². The van der Waals surface area contributed by atoms with Gasteiger partial charge in [0.1, 0.15) is 5.75 Å². The maximum atomic E-state index is 12.8. The molecule has 27 heavy (non-hydrogen) atoms. The highest BCUT2D eigenvalue weighted by Crippen LogP contribution is 2.21. The van der Waals surface area contributed by atoms with Crippen LogP contribution in [0.4, 0.5) is 0 Å². The number of para-hydroxylation sites is 1. The summed E-state index contributed by atoms with van der Waals surface area (Å²) in [6.45, 7) is 6.38. The zero-order chi connectivity index (χ0) is 19.2. The van der Waals surface area contributed by atoms with Crippen molar-refractivity contribution < 1.29 is 14.3 Å². The van der Waals surface area contributed by atoms with Crippen molar-refractivity contribution in [2.24, 2.45) is 17.1 Å². The van der Waals surface area contributed by atoms with Gasteiger partial charge in [-0.3, -0.25) is 9.59 Å². The molecule has 2 amide bonds. The molecule has 1 aromatic carbocycles. The normalized spacial score (nSPS) is 17.0. The van der Waals surface area contributed by atoms with Crippen molar-refractivity contribution in [3.8, 4) is 5.75 Å². The standard InChI is InChI=1S/C20H31N3O3.ClH/c1-20(2,14-21)15-22(3)19(25)16-8-7-11-23(12-16)18(24)13-26-17-9-5-4-6-10-17;/h4-6,9-10,16H,7-8,11-15,21H2,1-3H3;1H. The van der Waals surface area contributed by atoms with Gasteiger partial charge in [0.15, 0.2) is 6.61 Å². The molecule has 1 heterocycles. The fourth-order valence-electron chi connectivity index (χ4n) is 3.25. The first-order valence-corrected chi connectivity index (χ1v) is 9.23. The van der Waals surface area contributed by atoms with Crippen LogP contribution >= 0.6 is 12.4 Å². The molecule has 0 saturated carbocycles. The van der Waals surface area contributed by atoms with E-state index in [1.807, 2.05) is 37.4 Å². The topological polar surface area (TPSA) is 75.9 Å². The lowest BCUT2D eigenvalue weighted by Gasteiger charge is -2.36. The third kappa shape index (κ3) is 7.03. The minimum atomic E-state index is -0.150. The molecule has 7 heteroatoms. The molecule has 0 radical (unpaired) electrons. The van der Waals surface area contributed by atoms with Crippen LogP contribution in [0.25, 0.3) is 0 Å². The number of piperidine rings is 1. The van der Waals surface area contributed by atoms with Gasteiger partial charge in [0, 0.05) is 26.7 Å². The van der Waals surface area contributed by atoms with E-state index < -0.39 is 0 Å². The summed E-state index contributed by atoms with van der Waals surface area (Å²) in [6, 6.07) is 9.29. The molecule has 1 aliphatic heterocycles. The summed E-state index contributed by atoms with van der Waals surface area (Å²) in [5.41, 5.74) is 5.66. The van der Waals surface area contributed by atoms with Crippen LogP contribution in [0.5, 0.6) is 5.75 Å². The molecule has 0 bridgehead atoms. The number of nitrogens with zero attached hydrogens (tertiary/aromatic N) is 2. The predicted molar refractivity (Wildman–Crippen MR) is 109 cm³/mol. The number of nitrogens with two attached hydrogens (primary N) is 1. The zero-order valence-corrected chi connectivity index (χ0v) is 17.3. The van der Waals surface area contributed by atoms with Crippen LogP contribution in [0.3, 0.4) is 0 Å². The Labute approximate surface area is 168 Å². The van der Waals surface area contributed by atoms with Crippen LogP contribution in [0, 0.1) is 11.3 Å². The highest BCUT2D eigenvalue weighted by Gasteiger charge is 2.31. The van der Waals surface area contributed by atoms with Crippen molar-refractivity contribution in [2.45, 2.75) is 26.7 Å². The SMILES string of the molecule is CN(CC(C)(C)CN)C(=O)C1CCCN(C(=O)COc2ccccc2)C1.Cl. The monoisotopic (exact) mass is 397 g/mol. The molecule has 2 N–H and O–H groups in total. The van der Waals surface area contributed by atoms with E-state index in [0.717, 1.165) is 12.8 Å². The number of amides is 2. The second kappa shape index (κ2) is 10.5. The van der Waals surface area contributed by atoms with Crippen LogP contribution in [0.2, 0.25) is 0 Å². The number of hydrogen-bond acceptors (Lipinski definition) is 4. The first-order valence-electron chi connectivity index (χ1n) is 9.23. The number of benzene rings is 1. The Bertz CT molecular complexity index is 610. The molecule has 2 rings (SSSR count). The van der Waals surface area contributed by atoms with Gasteiger partial charge in [-0.1, -0.05) is 32.0 Å².